The molecule has 116 valence electrons. The third-order valence-corrected chi connectivity index (χ3v) is 3.36. The maximum atomic E-state index is 12.5. The van der Waals surface area contributed by atoms with Gasteiger partial charge in [0.25, 0.3) is 0 Å². The number of aromatic nitrogens is 2. The van der Waals surface area contributed by atoms with Crippen molar-refractivity contribution in [3.8, 4) is 0 Å². The third-order valence-electron chi connectivity index (χ3n) is 3.36. The molecule has 1 aromatic rings. The number of alkyl halides is 3. The highest BCUT2D eigenvalue weighted by Crippen LogP contribution is 2.31. The number of unbranched alkanes of at least 4 members (excludes halogenated alkanes) is 4. The highest BCUT2D eigenvalue weighted by molar-refractivity contribution is 4.97. The van der Waals surface area contributed by atoms with Gasteiger partial charge in [0.05, 0.1) is 0 Å². The molecule has 0 saturated heterocycles. The molecule has 0 spiro atoms. The van der Waals surface area contributed by atoms with Gasteiger partial charge in [-0.2, -0.15) is 18.2 Å². The van der Waals surface area contributed by atoms with Gasteiger partial charge in [-0.1, -0.05) is 57.5 Å². The van der Waals surface area contributed by atoms with Gasteiger partial charge in [0.1, 0.15) is 0 Å². The Kier molecular flexibility index (Phi) is 7.02. The summed E-state index contributed by atoms with van der Waals surface area (Å²) in [6.07, 6.45) is 3.46. The van der Waals surface area contributed by atoms with Crippen molar-refractivity contribution in [3.05, 3.63) is 11.7 Å². The van der Waals surface area contributed by atoms with E-state index in [4.69, 9.17) is 0 Å². The zero-order valence-electron chi connectivity index (χ0n) is 12.2. The van der Waals surface area contributed by atoms with Gasteiger partial charge in [0.15, 0.2) is 5.82 Å². The second-order valence-corrected chi connectivity index (χ2v) is 5.14. The molecule has 1 rings (SSSR count). The number of rotatable bonds is 9. The van der Waals surface area contributed by atoms with Crippen LogP contribution in [-0.4, -0.2) is 10.1 Å². The smallest absolute Gasteiger partial charge is 0.329 e. The number of nitrogens with zero attached hydrogens (tertiary/aromatic N) is 2. The maximum Gasteiger partial charge on any atom is 0.471 e. The van der Waals surface area contributed by atoms with Crippen LogP contribution >= 0.6 is 0 Å². The van der Waals surface area contributed by atoms with Crippen LogP contribution in [0.1, 0.15) is 82.8 Å². The summed E-state index contributed by atoms with van der Waals surface area (Å²) in [5, 5.41) is 3.53. The van der Waals surface area contributed by atoms with Crippen LogP contribution in [-0.2, 0) is 6.18 Å². The average Bonchev–Trinajstić information content (AvgIpc) is 2.87. The molecule has 3 nitrogen and oxygen atoms in total. The lowest BCUT2D eigenvalue weighted by Gasteiger charge is -2.12. The van der Waals surface area contributed by atoms with Crippen molar-refractivity contribution in [2.24, 2.45) is 0 Å². The van der Waals surface area contributed by atoms with Crippen molar-refractivity contribution in [1.29, 1.82) is 0 Å². The van der Waals surface area contributed by atoms with Crippen LogP contribution < -0.4 is 0 Å². The molecular formula is C14H23F3N2O. The van der Waals surface area contributed by atoms with E-state index in [-0.39, 0.29) is 11.7 Å². The summed E-state index contributed by atoms with van der Waals surface area (Å²) < 4.78 is 41.7. The minimum atomic E-state index is -4.55. The van der Waals surface area contributed by atoms with Crippen LogP contribution in [0.15, 0.2) is 4.52 Å². The topological polar surface area (TPSA) is 38.9 Å². The summed E-state index contributed by atoms with van der Waals surface area (Å²) >= 11 is 0. The van der Waals surface area contributed by atoms with Crippen LogP contribution in [0, 0.1) is 0 Å². The van der Waals surface area contributed by atoms with Gasteiger partial charge in [-0.05, 0) is 12.8 Å². The van der Waals surface area contributed by atoms with E-state index in [1.807, 2.05) is 0 Å². The van der Waals surface area contributed by atoms with Gasteiger partial charge < -0.3 is 4.52 Å². The third kappa shape index (κ3) is 5.51. The number of halogens is 3. The fourth-order valence-electron chi connectivity index (χ4n) is 2.19. The predicted molar refractivity (Wildman–Crippen MR) is 70.3 cm³/mol. The zero-order valence-corrected chi connectivity index (χ0v) is 12.2. The van der Waals surface area contributed by atoms with E-state index < -0.39 is 12.1 Å². The molecule has 0 N–H and O–H groups in total. The van der Waals surface area contributed by atoms with Crippen molar-refractivity contribution < 1.29 is 17.7 Å². The molecule has 0 aliphatic heterocycles. The van der Waals surface area contributed by atoms with E-state index in [1.54, 1.807) is 0 Å². The van der Waals surface area contributed by atoms with Crippen molar-refractivity contribution in [2.75, 3.05) is 0 Å². The minimum Gasteiger partial charge on any atom is -0.329 e. The summed E-state index contributed by atoms with van der Waals surface area (Å²) in [4.78, 5) is 3.53. The van der Waals surface area contributed by atoms with Crippen molar-refractivity contribution in [1.82, 2.24) is 10.1 Å². The van der Waals surface area contributed by atoms with Gasteiger partial charge >= 0.3 is 12.1 Å². The lowest BCUT2D eigenvalue weighted by atomic mass is 9.94. The summed E-state index contributed by atoms with van der Waals surface area (Å²) in [6.45, 7) is 4.19. The molecule has 20 heavy (non-hydrogen) atoms. The molecule has 0 aliphatic rings. The molecule has 0 saturated carbocycles. The highest BCUT2D eigenvalue weighted by atomic mass is 19.4. The molecular weight excluding hydrogens is 269 g/mol. The Balaban J connectivity index is 2.64. The number of hydrogen-bond donors (Lipinski definition) is 0. The monoisotopic (exact) mass is 292 g/mol. The quantitative estimate of drug-likeness (QED) is 0.577. The highest BCUT2D eigenvalue weighted by Gasteiger charge is 2.39. The van der Waals surface area contributed by atoms with E-state index in [1.165, 1.54) is 0 Å². The Morgan fingerprint density at radius 1 is 1.00 bits per heavy atom. The number of hydrogen-bond acceptors (Lipinski definition) is 3. The molecule has 1 atom stereocenters. The Bertz CT molecular complexity index is 377. The second-order valence-electron chi connectivity index (χ2n) is 5.14. The van der Waals surface area contributed by atoms with Crippen molar-refractivity contribution >= 4 is 0 Å². The lowest BCUT2D eigenvalue weighted by molar-refractivity contribution is -0.159. The molecule has 0 aromatic carbocycles. The van der Waals surface area contributed by atoms with Gasteiger partial charge in [0.2, 0.25) is 0 Å². The molecule has 1 aromatic heterocycles. The fourth-order valence-corrected chi connectivity index (χ4v) is 2.19. The van der Waals surface area contributed by atoms with E-state index in [2.05, 4.69) is 28.5 Å². The summed E-state index contributed by atoms with van der Waals surface area (Å²) in [6, 6.07) is 0. The van der Waals surface area contributed by atoms with Crippen LogP contribution in [0.25, 0.3) is 0 Å². The van der Waals surface area contributed by atoms with E-state index in [9.17, 15) is 13.2 Å². The second kappa shape index (κ2) is 8.27. The largest absolute Gasteiger partial charge is 0.471 e. The summed E-state index contributed by atoms with van der Waals surface area (Å²) in [5.41, 5.74) is 0. The van der Waals surface area contributed by atoms with Gasteiger partial charge in [-0.15, -0.1) is 0 Å². The van der Waals surface area contributed by atoms with E-state index in [0.29, 0.717) is 0 Å². The summed E-state index contributed by atoms with van der Waals surface area (Å²) in [5.74, 6) is -1.04. The molecule has 0 amide bonds. The van der Waals surface area contributed by atoms with Crippen molar-refractivity contribution in [2.45, 2.75) is 77.3 Å². The molecule has 0 radical (unpaired) electrons. The van der Waals surface area contributed by atoms with Crippen LogP contribution in [0.3, 0.4) is 0 Å². The first kappa shape index (κ1) is 17.0. The first-order valence-corrected chi connectivity index (χ1v) is 7.39. The average molecular weight is 292 g/mol. The predicted octanol–water partition coefficient (Wildman–Crippen LogP) is 5.33. The van der Waals surface area contributed by atoms with Gasteiger partial charge in [0, 0.05) is 5.92 Å². The molecule has 1 unspecified atom stereocenters. The normalized spacial score (nSPS) is 13.7. The standard InChI is InChI=1S/C14H23F3N2O/c1-3-5-7-8-10-11(9-6-4-2)12-18-13(20-19-12)14(15,16)17/h11H,3-10H2,1-2H3. The van der Waals surface area contributed by atoms with E-state index >= 15 is 0 Å². The van der Waals surface area contributed by atoms with Crippen LogP contribution in [0.2, 0.25) is 0 Å². The molecule has 6 heteroatoms. The first-order chi connectivity index (χ1) is 9.49. The Hall–Kier alpha value is -1.07. The van der Waals surface area contributed by atoms with Crippen molar-refractivity contribution in [3.63, 3.8) is 0 Å². The Morgan fingerprint density at radius 2 is 1.65 bits per heavy atom. The van der Waals surface area contributed by atoms with Crippen LogP contribution in [0.5, 0.6) is 0 Å². The van der Waals surface area contributed by atoms with Gasteiger partial charge in [-0.25, -0.2) is 0 Å². The molecule has 0 fully saturated rings. The molecule has 1 heterocycles. The van der Waals surface area contributed by atoms with Gasteiger partial charge in [-0.3, -0.25) is 0 Å². The van der Waals surface area contributed by atoms with E-state index in [0.717, 1.165) is 51.4 Å². The first-order valence-electron chi connectivity index (χ1n) is 7.39. The van der Waals surface area contributed by atoms with Crippen LogP contribution in [0.4, 0.5) is 13.2 Å². The molecule has 0 aliphatic carbocycles. The SMILES string of the molecule is CCCCCCC(CCCC)c1noc(C(F)(F)F)n1. The fraction of sp³-hybridized carbons (Fsp3) is 0.857. The lowest BCUT2D eigenvalue weighted by Crippen LogP contribution is -2.07. The maximum absolute atomic E-state index is 12.5. The summed E-state index contributed by atoms with van der Waals surface area (Å²) in [7, 11) is 0. The molecule has 0 bridgehead atoms. The Labute approximate surface area is 117 Å². The zero-order chi connectivity index (χ0) is 15.0. The minimum absolute atomic E-state index is 0.0216. The Morgan fingerprint density at radius 3 is 2.20 bits per heavy atom.